The van der Waals surface area contributed by atoms with Crippen LogP contribution in [0.25, 0.3) is 0 Å². The molecule has 0 aromatic carbocycles. The van der Waals surface area contributed by atoms with Crippen LogP contribution in [0.15, 0.2) is 0 Å². The van der Waals surface area contributed by atoms with Crippen molar-refractivity contribution in [2.45, 2.75) is 103 Å². The number of fused-ring (bicyclic) bond motifs is 1. The minimum atomic E-state index is -1.80. The van der Waals surface area contributed by atoms with Gasteiger partial charge in [0.2, 0.25) is 0 Å². The standard InChI is InChI=1S/C19H36O4Si/c1-16(2,3)24(8,9)22-14-12-17(4,5)19(11-10-15(20)21-7)18(6,13-14)23-19/h14H,10-13H2,1-9H3/t14-,18+,19-/m0/s1. The van der Waals surface area contributed by atoms with Crippen LogP contribution < -0.4 is 0 Å². The first-order chi connectivity index (χ1) is 10.7. The predicted octanol–water partition coefficient (Wildman–Crippen LogP) is 4.68. The average molecular weight is 357 g/mol. The van der Waals surface area contributed by atoms with Crippen LogP contribution in [-0.4, -0.2) is 38.7 Å². The first-order valence-electron chi connectivity index (χ1n) is 9.15. The van der Waals surface area contributed by atoms with Crippen LogP contribution in [0.3, 0.4) is 0 Å². The van der Waals surface area contributed by atoms with Gasteiger partial charge in [0.05, 0.1) is 12.7 Å². The molecule has 3 atom stereocenters. The van der Waals surface area contributed by atoms with Gasteiger partial charge in [0, 0.05) is 18.9 Å². The van der Waals surface area contributed by atoms with E-state index in [2.05, 4.69) is 54.6 Å². The third kappa shape index (κ3) is 3.19. The molecule has 0 N–H and O–H groups in total. The van der Waals surface area contributed by atoms with E-state index in [1.807, 2.05) is 0 Å². The van der Waals surface area contributed by atoms with Crippen LogP contribution >= 0.6 is 0 Å². The molecule has 1 aliphatic heterocycles. The van der Waals surface area contributed by atoms with Crippen molar-refractivity contribution in [1.29, 1.82) is 0 Å². The van der Waals surface area contributed by atoms with Gasteiger partial charge in [-0.3, -0.25) is 4.79 Å². The Morgan fingerprint density at radius 1 is 1.21 bits per heavy atom. The quantitative estimate of drug-likeness (QED) is 0.408. The number of hydrogen-bond acceptors (Lipinski definition) is 4. The van der Waals surface area contributed by atoms with Crippen molar-refractivity contribution in [3.8, 4) is 0 Å². The second-order valence-electron chi connectivity index (χ2n) is 10.0. The monoisotopic (exact) mass is 356 g/mol. The highest BCUT2D eigenvalue weighted by Crippen LogP contribution is 2.67. The lowest BCUT2D eigenvalue weighted by Crippen LogP contribution is -2.52. The lowest BCUT2D eigenvalue weighted by molar-refractivity contribution is -0.141. The summed E-state index contributed by atoms with van der Waals surface area (Å²) in [5.74, 6) is -0.155. The average Bonchev–Trinajstić information content (AvgIpc) is 3.00. The van der Waals surface area contributed by atoms with Crippen LogP contribution in [0.2, 0.25) is 18.1 Å². The number of methoxy groups -OCH3 is 1. The molecule has 4 nitrogen and oxygen atoms in total. The first kappa shape index (κ1) is 19.9. The zero-order chi connectivity index (χ0) is 18.6. The first-order valence-corrected chi connectivity index (χ1v) is 12.1. The molecule has 140 valence electrons. The lowest BCUT2D eigenvalue weighted by atomic mass is 9.61. The second kappa shape index (κ2) is 5.81. The summed E-state index contributed by atoms with van der Waals surface area (Å²) in [4.78, 5) is 11.6. The molecule has 0 unspecified atom stereocenters. The zero-order valence-electron chi connectivity index (χ0n) is 17.0. The molecular formula is C19H36O4Si. The zero-order valence-corrected chi connectivity index (χ0v) is 18.0. The molecule has 1 saturated heterocycles. The topological polar surface area (TPSA) is 48.1 Å². The van der Waals surface area contributed by atoms with Gasteiger partial charge >= 0.3 is 5.97 Å². The summed E-state index contributed by atoms with van der Waals surface area (Å²) in [7, 11) is -0.349. The number of carbonyl (C=O) groups excluding carboxylic acids is 1. The van der Waals surface area contributed by atoms with Crippen molar-refractivity contribution < 1.29 is 18.7 Å². The number of rotatable bonds is 5. The minimum Gasteiger partial charge on any atom is -0.469 e. The fourth-order valence-corrected chi connectivity index (χ4v) is 5.72. The summed E-state index contributed by atoms with van der Waals surface area (Å²) in [6.07, 6.45) is 3.29. The fourth-order valence-electron chi connectivity index (χ4n) is 4.37. The molecule has 0 bridgehead atoms. The van der Waals surface area contributed by atoms with E-state index in [4.69, 9.17) is 13.9 Å². The molecule has 2 rings (SSSR count). The molecule has 24 heavy (non-hydrogen) atoms. The Bertz CT molecular complexity index is 508. The molecule has 5 heteroatoms. The Hall–Kier alpha value is -0.393. The highest BCUT2D eigenvalue weighted by Gasteiger charge is 2.75. The van der Waals surface area contributed by atoms with E-state index in [-0.39, 0.29) is 33.7 Å². The number of epoxide rings is 1. The lowest BCUT2D eigenvalue weighted by Gasteiger charge is -2.46. The molecule has 0 aromatic rings. The maximum atomic E-state index is 11.6. The van der Waals surface area contributed by atoms with Gasteiger partial charge in [-0.15, -0.1) is 0 Å². The van der Waals surface area contributed by atoms with Gasteiger partial charge in [-0.1, -0.05) is 34.6 Å². The van der Waals surface area contributed by atoms with Crippen molar-refractivity contribution >= 4 is 14.3 Å². The molecule has 2 fully saturated rings. The Kier molecular flexibility index (Phi) is 4.83. The third-order valence-electron chi connectivity index (χ3n) is 6.84. The van der Waals surface area contributed by atoms with E-state index in [1.54, 1.807) is 0 Å². The van der Waals surface area contributed by atoms with Gasteiger partial charge in [-0.25, -0.2) is 0 Å². The van der Waals surface area contributed by atoms with Crippen molar-refractivity contribution in [3.63, 3.8) is 0 Å². The molecule has 2 aliphatic rings. The van der Waals surface area contributed by atoms with Gasteiger partial charge in [0.25, 0.3) is 0 Å². The Balaban J connectivity index is 2.12. The SMILES string of the molecule is COC(=O)CC[C@@]12O[C@]1(C)C[C@@H](O[Si](C)(C)C(C)(C)C)CC2(C)C. The minimum absolute atomic E-state index is 0.0128. The van der Waals surface area contributed by atoms with E-state index in [9.17, 15) is 4.79 Å². The maximum absolute atomic E-state index is 11.6. The molecule has 1 saturated carbocycles. The summed E-state index contributed by atoms with van der Waals surface area (Å²) < 4.78 is 17.8. The third-order valence-corrected chi connectivity index (χ3v) is 11.4. The number of hydrogen-bond donors (Lipinski definition) is 0. The summed E-state index contributed by atoms with van der Waals surface area (Å²) >= 11 is 0. The van der Waals surface area contributed by atoms with Crippen LogP contribution in [-0.2, 0) is 18.7 Å². The highest BCUT2D eigenvalue weighted by atomic mass is 28.4. The maximum Gasteiger partial charge on any atom is 0.305 e. The summed E-state index contributed by atoms with van der Waals surface area (Å²) in [6.45, 7) is 18.2. The largest absolute Gasteiger partial charge is 0.469 e. The number of ether oxygens (including phenoxy) is 2. The van der Waals surface area contributed by atoms with Crippen LogP contribution in [0, 0.1) is 5.41 Å². The molecule has 1 aliphatic carbocycles. The molecule has 0 spiro atoms. The van der Waals surface area contributed by atoms with Gasteiger partial charge < -0.3 is 13.9 Å². The molecule has 1 heterocycles. The van der Waals surface area contributed by atoms with Gasteiger partial charge in [0.1, 0.15) is 5.60 Å². The molecule has 0 aromatic heterocycles. The number of carbonyl (C=O) groups is 1. The Morgan fingerprint density at radius 3 is 2.25 bits per heavy atom. The highest BCUT2D eigenvalue weighted by molar-refractivity contribution is 6.74. The van der Waals surface area contributed by atoms with Crippen molar-refractivity contribution in [2.75, 3.05) is 7.11 Å². The second-order valence-corrected chi connectivity index (χ2v) is 14.8. The number of esters is 1. The fraction of sp³-hybridized carbons (Fsp3) is 0.947. The predicted molar refractivity (Wildman–Crippen MR) is 98.6 cm³/mol. The van der Waals surface area contributed by atoms with E-state index in [0.29, 0.717) is 6.42 Å². The van der Waals surface area contributed by atoms with Gasteiger partial charge in [-0.05, 0) is 43.3 Å². The summed E-state index contributed by atoms with van der Waals surface area (Å²) in [5, 5.41) is 0.210. The smallest absolute Gasteiger partial charge is 0.305 e. The van der Waals surface area contributed by atoms with Crippen LogP contribution in [0.5, 0.6) is 0 Å². The van der Waals surface area contributed by atoms with Crippen molar-refractivity contribution in [2.24, 2.45) is 5.41 Å². The summed E-state index contributed by atoms with van der Waals surface area (Å²) in [5.41, 5.74) is -0.418. The molecule has 0 radical (unpaired) electrons. The van der Waals surface area contributed by atoms with E-state index in [1.165, 1.54) is 7.11 Å². The Morgan fingerprint density at radius 2 is 1.79 bits per heavy atom. The molecule has 0 amide bonds. The van der Waals surface area contributed by atoms with E-state index >= 15 is 0 Å². The molecular weight excluding hydrogens is 320 g/mol. The van der Waals surface area contributed by atoms with Gasteiger partial charge in [-0.2, -0.15) is 0 Å². The van der Waals surface area contributed by atoms with Gasteiger partial charge in [0.15, 0.2) is 8.32 Å². The van der Waals surface area contributed by atoms with Crippen molar-refractivity contribution in [3.05, 3.63) is 0 Å². The van der Waals surface area contributed by atoms with Crippen LogP contribution in [0.4, 0.5) is 0 Å². The van der Waals surface area contributed by atoms with Crippen LogP contribution in [0.1, 0.15) is 67.2 Å². The summed E-state index contributed by atoms with van der Waals surface area (Å²) in [6, 6.07) is 0. The van der Waals surface area contributed by atoms with E-state index < -0.39 is 8.32 Å². The van der Waals surface area contributed by atoms with E-state index in [0.717, 1.165) is 19.3 Å². The Labute approximate surface area is 148 Å². The normalized spacial score (nSPS) is 35.3. The van der Waals surface area contributed by atoms with Crippen molar-refractivity contribution in [1.82, 2.24) is 0 Å².